The van der Waals surface area contributed by atoms with Crippen LogP contribution in [0.3, 0.4) is 0 Å². The van der Waals surface area contributed by atoms with Gasteiger partial charge in [0.05, 0.1) is 13.2 Å². The highest BCUT2D eigenvalue weighted by atomic mass is 16.6. The Balaban J connectivity index is 3.65. The number of esters is 1. The summed E-state index contributed by atoms with van der Waals surface area (Å²) in [5.74, 6) is -0.284. The van der Waals surface area contributed by atoms with Gasteiger partial charge in [0.2, 0.25) is 0 Å². The Labute approximate surface area is 210 Å². The van der Waals surface area contributed by atoms with Crippen LogP contribution in [0.25, 0.3) is 0 Å². The molecule has 0 radical (unpaired) electrons. The first-order valence-corrected chi connectivity index (χ1v) is 13.7. The highest BCUT2D eigenvalue weighted by Crippen LogP contribution is 2.10. The molecular weight excluding hydrogens is 424 g/mol. The molecule has 0 aliphatic heterocycles. The second-order valence-electron chi connectivity index (χ2n) is 8.74. The summed E-state index contributed by atoms with van der Waals surface area (Å²) < 4.78 is 10.9. The summed E-state index contributed by atoms with van der Waals surface area (Å²) in [7, 11) is 0. The Kier molecular flexibility index (Phi) is 26.3. The van der Waals surface area contributed by atoms with Gasteiger partial charge in [0.25, 0.3) is 0 Å². The molecule has 1 atom stereocenters. The van der Waals surface area contributed by atoms with Crippen LogP contribution < -0.4 is 0 Å². The number of ether oxygens (including phenoxy) is 2. The van der Waals surface area contributed by atoms with Gasteiger partial charge in [-0.15, -0.1) is 0 Å². The van der Waals surface area contributed by atoms with Gasteiger partial charge in [0, 0.05) is 13.0 Å². The van der Waals surface area contributed by atoms with Crippen molar-refractivity contribution in [1.82, 2.24) is 0 Å². The minimum Gasteiger partial charge on any atom is -0.457 e. The predicted molar refractivity (Wildman–Crippen MR) is 145 cm³/mol. The SMILES string of the molecule is CC/C=C\C/C=C\C/C=C\C/C=C\CCC(=O)OC(CO)COCCCCCCCCCCC. The van der Waals surface area contributed by atoms with Crippen molar-refractivity contribution >= 4 is 5.97 Å². The monoisotopic (exact) mass is 476 g/mol. The van der Waals surface area contributed by atoms with Crippen LogP contribution in [0.1, 0.15) is 110 Å². The van der Waals surface area contributed by atoms with Crippen LogP contribution in [-0.2, 0) is 14.3 Å². The minimum atomic E-state index is -0.566. The molecule has 1 unspecified atom stereocenters. The molecule has 0 bridgehead atoms. The van der Waals surface area contributed by atoms with E-state index < -0.39 is 6.10 Å². The van der Waals surface area contributed by atoms with Crippen LogP contribution in [0.5, 0.6) is 0 Å². The fourth-order valence-electron chi connectivity index (χ4n) is 3.40. The van der Waals surface area contributed by atoms with E-state index in [0.717, 1.165) is 32.1 Å². The lowest BCUT2D eigenvalue weighted by atomic mass is 10.1. The van der Waals surface area contributed by atoms with Gasteiger partial charge in [0.1, 0.15) is 6.10 Å². The van der Waals surface area contributed by atoms with E-state index in [0.29, 0.717) is 19.4 Å². The first-order chi connectivity index (χ1) is 16.7. The molecule has 0 aromatic rings. The van der Waals surface area contributed by atoms with Crippen molar-refractivity contribution in [2.24, 2.45) is 0 Å². The smallest absolute Gasteiger partial charge is 0.306 e. The van der Waals surface area contributed by atoms with Gasteiger partial charge in [-0.05, 0) is 38.5 Å². The maximum absolute atomic E-state index is 12.0. The first kappa shape index (κ1) is 32.4. The highest BCUT2D eigenvalue weighted by Gasteiger charge is 2.13. The Morgan fingerprint density at radius 2 is 1.26 bits per heavy atom. The molecule has 0 fully saturated rings. The van der Waals surface area contributed by atoms with Crippen molar-refractivity contribution in [3.05, 3.63) is 48.6 Å². The number of carbonyl (C=O) groups excluding carboxylic acids is 1. The summed E-state index contributed by atoms with van der Waals surface area (Å²) in [5.41, 5.74) is 0. The maximum Gasteiger partial charge on any atom is 0.306 e. The number of rotatable bonds is 24. The van der Waals surface area contributed by atoms with Crippen molar-refractivity contribution in [1.29, 1.82) is 0 Å². The van der Waals surface area contributed by atoms with Gasteiger partial charge in [-0.3, -0.25) is 4.79 Å². The summed E-state index contributed by atoms with van der Waals surface area (Å²) in [4.78, 5) is 12.0. The lowest BCUT2D eigenvalue weighted by Crippen LogP contribution is -2.27. The summed E-state index contributed by atoms with van der Waals surface area (Å²) in [6.07, 6.45) is 32.8. The van der Waals surface area contributed by atoms with Gasteiger partial charge in [-0.25, -0.2) is 0 Å². The molecular formula is C30H52O4. The normalized spacial score (nSPS) is 13.1. The molecule has 4 heteroatoms. The van der Waals surface area contributed by atoms with E-state index in [9.17, 15) is 9.90 Å². The van der Waals surface area contributed by atoms with Gasteiger partial charge in [-0.1, -0.05) is 114 Å². The fourth-order valence-corrected chi connectivity index (χ4v) is 3.40. The van der Waals surface area contributed by atoms with Crippen LogP contribution >= 0.6 is 0 Å². The first-order valence-electron chi connectivity index (χ1n) is 13.7. The summed E-state index contributed by atoms with van der Waals surface area (Å²) in [6.45, 7) is 5.11. The molecule has 1 N–H and O–H groups in total. The molecule has 0 rings (SSSR count). The summed E-state index contributed by atoms with van der Waals surface area (Å²) in [6, 6.07) is 0. The lowest BCUT2D eigenvalue weighted by Gasteiger charge is -2.15. The minimum absolute atomic E-state index is 0.201. The number of unbranched alkanes of at least 4 members (excludes halogenated alkanes) is 8. The third kappa shape index (κ3) is 25.0. The van der Waals surface area contributed by atoms with E-state index in [2.05, 4.69) is 56.4 Å². The van der Waals surface area contributed by atoms with E-state index in [1.165, 1.54) is 51.4 Å². The van der Waals surface area contributed by atoms with Gasteiger partial charge in [-0.2, -0.15) is 0 Å². The van der Waals surface area contributed by atoms with Gasteiger partial charge >= 0.3 is 5.97 Å². The molecule has 0 heterocycles. The Bertz CT molecular complexity index is 548. The largest absolute Gasteiger partial charge is 0.457 e. The molecule has 0 aromatic carbocycles. The zero-order chi connectivity index (χ0) is 25.0. The number of aliphatic hydroxyl groups excluding tert-OH is 1. The molecule has 196 valence electrons. The topological polar surface area (TPSA) is 55.8 Å². The zero-order valence-corrected chi connectivity index (χ0v) is 22.1. The second kappa shape index (κ2) is 27.6. The van der Waals surface area contributed by atoms with Gasteiger partial charge < -0.3 is 14.6 Å². The van der Waals surface area contributed by atoms with Crippen LogP contribution in [0.2, 0.25) is 0 Å². The second-order valence-corrected chi connectivity index (χ2v) is 8.74. The Hall–Kier alpha value is -1.65. The van der Waals surface area contributed by atoms with E-state index in [1.54, 1.807) is 0 Å². The lowest BCUT2D eigenvalue weighted by molar-refractivity contribution is -0.154. The van der Waals surface area contributed by atoms with Crippen molar-refractivity contribution < 1.29 is 19.4 Å². The summed E-state index contributed by atoms with van der Waals surface area (Å²) >= 11 is 0. The van der Waals surface area contributed by atoms with Gasteiger partial charge in [0.15, 0.2) is 0 Å². The van der Waals surface area contributed by atoms with Crippen LogP contribution in [0, 0.1) is 0 Å². The molecule has 0 spiro atoms. The van der Waals surface area contributed by atoms with Crippen LogP contribution in [-0.4, -0.2) is 37.0 Å². The number of aliphatic hydroxyl groups is 1. The standard InChI is InChI=1S/C30H52O4/c1-3-5-7-9-11-13-14-15-16-17-19-21-23-25-30(32)34-29(27-31)28-33-26-24-22-20-18-12-10-8-6-4-2/h5,7,11,13,15-16,19,21,29,31H,3-4,6,8-10,12,14,17-18,20,22-28H2,1-2H3/b7-5-,13-11-,16-15-,21-19-. The number of carbonyl (C=O) groups is 1. The molecule has 0 amide bonds. The number of hydrogen-bond acceptors (Lipinski definition) is 4. The fraction of sp³-hybridized carbons (Fsp3) is 0.700. The molecule has 0 saturated carbocycles. The molecule has 34 heavy (non-hydrogen) atoms. The number of hydrogen-bond donors (Lipinski definition) is 1. The van der Waals surface area contributed by atoms with Crippen molar-refractivity contribution in [3.63, 3.8) is 0 Å². The van der Waals surface area contributed by atoms with E-state index in [4.69, 9.17) is 9.47 Å². The average molecular weight is 477 g/mol. The third-order valence-corrected chi connectivity index (χ3v) is 5.43. The van der Waals surface area contributed by atoms with Crippen LogP contribution in [0.4, 0.5) is 0 Å². The molecule has 0 aliphatic carbocycles. The summed E-state index contributed by atoms with van der Waals surface area (Å²) in [5, 5.41) is 9.43. The highest BCUT2D eigenvalue weighted by molar-refractivity contribution is 5.69. The average Bonchev–Trinajstić information content (AvgIpc) is 2.84. The Morgan fingerprint density at radius 3 is 1.82 bits per heavy atom. The van der Waals surface area contributed by atoms with E-state index in [-0.39, 0.29) is 19.2 Å². The maximum atomic E-state index is 12.0. The Morgan fingerprint density at radius 1 is 0.735 bits per heavy atom. The quantitative estimate of drug-likeness (QED) is 0.0870. The molecule has 0 aromatic heterocycles. The van der Waals surface area contributed by atoms with Crippen molar-refractivity contribution in [3.8, 4) is 0 Å². The van der Waals surface area contributed by atoms with Crippen LogP contribution in [0.15, 0.2) is 48.6 Å². The molecule has 0 saturated heterocycles. The zero-order valence-electron chi connectivity index (χ0n) is 22.1. The third-order valence-electron chi connectivity index (χ3n) is 5.43. The van der Waals surface area contributed by atoms with Crippen molar-refractivity contribution in [2.75, 3.05) is 19.8 Å². The van der Waals surface area contributed by atoms with E-state index >= 15 is 0 Å². The molecule has 0 aliphatic rings. The van der Waals surface area contributed by atoms with Crippen molar-refractivity contribution in [2.45, 2.75) is 116 Å². The molecule has 4 nitrogen and oxygen atoms in total. The predicted octanol–water partition coefficient (Wildman–Crippen LogP) is 8.02. The number of allylic oxidation sites excluding steroid dienone is 8. The van der Waals surface area contributed by atoms with E-state index in [1.807, 2.05) is 6.08 Å².